The number of aldehydes is 1. The fourth-order valence-electron chi connectivity index (χ4n) is 4.06. The summed E-state index contributed by atoms with van der Waals surface area (Å²) in [5.74, 6) is -0.161. The Labute approximate surface area is 219 Å². The van der Waals surface area contributed by atoms with Gasteiger partial charge < -0.3 is 4.74 Å². The zero-order valence-corrected chi connectivity index (χ0v) is 23.9. The second kappa shape index (κ2) is 34.8. The van der Waals surface area contributed by atoms with Crippen molar-refractivity contribution in [2.45, 2.75) is 162 Å². The Kier molecular flexibility index (Phi) is 35.6. The number of hydrogen-bond acceptors (Lipinski definition) is 3. The van der Waals surface area contributed by atoms with Gasteiger partial charge in [-0.3, -0.25) is 9.59 Å². The minimum Gasteiger partial charge on any atom is -0.466 e. The van der Waals surface area contributed by atoms with Crippen molar-refractivity contribution in [1.29, 1.82) is 0 Å². The van der Waals surface area contributed by atoms with Gasteiger partial charge in [-0.1, -0.05) is 134 Å². The predicted octanol–water partition coefficient (Wildman–Crippen LogP) is 10.5. The Hall–Kier alpha value is -1.38. The third kappa shape index (κ3) is 40.1. The van der Waals surface area contributed by atoms with Crippen LogP contribution >= 0.6 is 0 Å². The molecule has 3 nitrogen and oxygen atoms in total. The number of ether oxygens (including phenoxy) is 1. The molecule has 0 amide bonds. The number of esters is 1. The topological polar surface area (TPSA) is 43.4 Å². The molecule has 0 aliphatic carbocycles. The first-order valence-electron chi connectivity index (χ1n) is 15.0. The summed E-state index contributed by atoms with van der Waals surface area (Å²) in [6, 6.07) is 0. The number of rotatable bonds is 25. The molecule has 0 aromatic carbocycles. The van der Waals surface area contributed by atoms with Crippen molar-refractivity contribution in [3.63, 3.8) is 0 Å². The lowest BCUT2D eigenvalue weighted by molar-refractivity contribution is -0.141. The summed E-state index contributed by atoms with van der Waals surface area (Å²) in [6.07, 6.45) is 38.0. The average Bonchev–Trinajstić information content (AvgIpc) is 2.85. The van der Waals surface area contributed by atoms with E-state index in [2.05, 4.69) is 26.0 Å². The molecule has 0 aromatic rings. The summed E-state index contributed by atoms with van der Waals surface area (Å²) < 4.78 is 4.88. The maximum atomic E-state index is 10.5. The van der Waals surface area contributed by atoms with Crippen LogP contribution in [0.1, 0.15) is 162 Å². The minimum absolute atomic E-state index is 0.161. The molecule has 3 heteroatoms. The Balaban J connectivity index is 0. The molecule has 35 heavy (non-hydrogen) atoms. The van der Waals surface area contributed by atoms with Crippen LogP contribution in [0, 0.1) is 0 Å². The lowest BCUT2D eigenvalue weighted by Gasteiger charge is -2.02. The van der Waals surface area contributed by atoms with E-state index in [0.29, 0.717) is 6.61 Å². The summed E-state index contributed by atoms with van der Waals surface area (Å²) in [4.78, 5) is 20.5. The first-order valence-corrected chi connectivity index (χ1v) is 15.0. The second-order valence-electron chi connectivity index (χ2n) is 9.77. The molecule has 0 radical (unpaired) electrons. The van der Waals surface area contributed by atoms with E-state index in [1.807, 2.05) is 6.08 Å². The molecule has 0 bridgehead atoms. The molecule has 0 atom stereocenters. The molecule has 0 saturated heterocycles. The van der Waals surface area contributed by atoms with Crippen molar-refractivity contribution in [2.24, 2.45) is 0 Å². The molecule has 0 rings (SSSR count). The third-order valence-electron chi connectivity index (χ3n) is 6.25. The van der Waals surface area contributed by atoms with Crippen molar-refractivity contribution in [1.82, 2.24) is 0 Å². The standard InChI is InChI=1S/C17H32O.C15H28O2/c1-2-3-4-5-6-7-8-9-10-11-12-13-14-15-16-17-18;1-3-4-5-6-7-8-9-10-11-12-13-14-17-15(2)16/h15-17H,2-14H2,1H3;3-4H,5-14H2,1-2H3/b16-15+;4-3+. The van der Waals surface area contributed by atoms with E-state index in [-0.39, 0.29) is 5.97 Å². The van der Waals surface area contributed by atoms with Gasteiger partial charge in [0, 0.05) is 6.92 Å². The van der Waals surface area contributed by atoms with Crippen LogP contribution < -0.4 is 0 Å². The smallest absolute Gasteiger partial charge is 0.302 e. The van der Waals surface area contributed by atoms with Gasteiger partial charge in [-0.05, 0) is 45.1 Å². The number of hydrogen-bond donors (Lipinski definition) is 0. The Bertz CT molecular complexity index is 467. The molecule has 0 unspecified atom stereocenters. The molecular formula is C32H60O3. The zero-order valence-electron chi connectivity index (χ0n) is 23.9. The van der Waals surface area contributed by atoms with Crippen LogP contribution in [-0.4, -0.2) is 18.9 Å². The van der Waals surface area contributed by atoms with Crippen molar-refractivity contribution >= 4 is 12.3 Å². The zero-order chi connectivity index (χ0) is 26.1. The lowest BCUT2D eigenvalue weighted by atomic mass is 10.0. The quantitative estimate of drug-likeness (QED) is 0.0418. The van der Waals surface area contributed by atoms with Gasteiger partial charge in [-0.2, -0.15) is 0 Å². The first-order chi connectivity index (χ1) is 17.2. The van der Waals surface area contributed by atoms with E-state index in [1.54, 1.807) is 6.08 Å². The molecule has 0 aliphatic heterocycles. The Morgan fingerprint density at radius 1 is 0.600 bits per heavy atom. The largest absolute Gasteiger partial charge is 0.466 e. The Morgan fingerprint density at radius 3 is 1.40 bits per heavy atom. The van der Waals surface area contributed by atoms with Crippen LogP contribution in [0.4, 0.5) is 0 Å². The molecule has 0 aliphatic rings. The minimum atomic E-state index is -0.161. The number of unbranched alkanes of at least 4 members (excludes halogenated alkanes) is 20. The first kappa shape index (κ1) is 35.8. The molecule has 206 valence electrons. The molecule has 0 spiro atoms. The van der Waals surface area contributed by atoms with Crippen LogP contribution in [0.25, 0.3) is 0 Å². The van der Waals surface area contributed by atoms with Gasteiger partial charge in [-0.25, -0.2) is 0 Å². The molecule has 0 fully saturated rings. The number of allylic oxidation sites excluding steroid dienone is 4. The summed E-state index contributed by atoms with van der Waals surface area (Å²) in [7, 11) is 0. The Morgan fingerprint density at radius 2 is 1.00 bits per heavy atom. The van der Waals surface area contributed by atoms with Gasteiger partial charge >= 0.3 is 5.97 Å². The van der Waals surface area contributed by atoms with Crippen molar-refractivity contribution in [2.75, 3.05) is 6.61 Å². The molecular weight excluding hydrogens is 432 g/mol. The number of carbonyl (C=O) groups excluding carboxylic acids is 2. The molecule has 0 heterocycles. The van der Waals surface area contributed by atoms with Gasteiger partial charge in [0.1, 0.15) is 6.29 Å². The summed E-state index contributed by atoms with van der Waals surface area (Å²) in [5, 5.41) is 0. The highest BCUT2D eigenvalue weighted by Gasteiger charge is 1.95. The molecule has 0 aromatic heterocycles. The van der Waals surface area contributed by atoms with Crippen LogP contribution in [0.15, 0.2) is 24.3 Å². The van der Waals surface area contributed by atoms with E-state index < -0.39 is 0 Å². The summed E-state index contributed by atoms with van der Waals surface area (Å²) in [5.41, 5.74) is 0. The van der Waals surface area contributed by atoms with Crippen molar-refractivity contribution in [3.05, 3.63) is 24.3 Å². The van der Waals surface area contributed by atoms with E-state index in [9.17, 15) is 9.59 Å². The SMILES string of the molecule is C/C=C/CCCCCCCCCCOC(C)=O.CCCCCCCCCCCCCC/C=C/C=O. The van der Waals surface area contributed by atoms with Gasteiger partial charge in [0.05, 0.1) is 6.61 Å². The summed E-state index contributed by atoms with van der Waals surface area (Å²) >= 11 is 0. The highest BCUT2D eigenvalue weighted by atomic mass is 16.5. The fourth-order valence-corrected chi connectivity index (χ4v) is 4.06. The van der Waals surface area contributed by atoms with E-state index >= 15 is 0 Å². The van der Waals surface area contributed by atoms with Crippen molar-refractivity contribution < 1.29 is 14.3 Å². The third-order valence-corrected chi connectivity index (χ3v) is 6.25. The van der Waals surface area contributed by atoms with Gasteiger partial charge in [0.25, 0.3) is 0 Å². The normalized spacial score (nSPS) is 11.1. The predicted molar refractivity (Wildman–Crippen MR) is 154 cm³/mol. The van der Waals surface area contributed by atoms with E-state index in [0.717, 1.165) is 19.1 Å². The second-order valence-corrected chi connectivity index (χ2v) is 9.77. The van der Waals surface area contributed by atoms with Crippen LogP contribution in [0.2, 0.25) is 0 Å². The maximum absolute atomic E-state index is 10.5. The van der Waals surface area contributed by atoms with Crippen molar-refractivity contribution in [3.8, 4) is 0 Å². The van der Waals surface area contributed by atoms with Crippen LogP contribution in [0.3, 0.4) is 0 Å². The van der Waals surface area contributed by atoms with Gasteiger partial charge in [0.15, 0.2) is 0 Å². The van der Waals surface area contributed by atoms with E-state index in [1.165, 1.54) is 135 Å². The monoisotopic (exact) mass is 492 g/mol. The average molecular weight is 493 g/mol. The van der Waals surface area contributed by atoms with Gasteiger partial charge in [0.2, 0.25) is 0 Å². The van der Waals surface area contributed by atoms with Crippen LogP contribution in [-0.2, 0) is 14.3 Å². The molecule has 0 N–H and O–H groups in total. The maximum Gasteiger partial charge on any atom is 0.302 e. The highest BCUT2D eigenvalue weighted by Crippen LogP contribution is 2.12. The lowest BCUT2D eigenvalue weighted by Crippen LogP contribution is -2.00. The van der Waals surface area contributed by atoms with E-state index in [4.69, 9.17) is 4.74 Å². The summed E-state index contributed by atoms with van der Waals surface area (Å²) in [6.45, 7) is 6.41. The fraction of sp³-hybridized carbons (Fsp3) is 0.812. The van der Waals surface area contributed by atoms with Gasteiger partial charge in [-0.15, -0.1) is 0 Å². The van der Waals surface area contributed by atoms with Crippen LogP contribution in [0.5, 0.6) is 0 Å². The highest BCUT2D eigenvalue weighted by molar-refractivity contribution is 5.65. The molecule has 0 saturated carbocycles. The number of carbonyl (C=O) groups is 2.